The van der Waals surface area contributed by atoms with Crippen LogP contribution in [-0.2, 0) is 0 Å². The van der Waals surface area contributed by atoms with Crippen molar-refractivity contribution in [2.75, 3.05) is 23.3 Å². The average molecular weight is 519 g/mol. The molecule has 36 heavy (non-hydrogen) atoms. The summed E-state index contributed by atoms with van der Waals surface area (Å²) in [6.07, 6.45) is -4.00. The number of nitrogens with one attached hydrogen (secondary N) is 1. The maximum atomic E-state index is 13.4. The molecule has 0 amide bonds. The maximum Gasteiger partial charge on any atom is 0.393 e. The number of pyridine rings is 1. The van der Waals surface area contributed by atoms with Gasteiger partial charge < -0.3 is 15.3 Å². The lowest BCUT2D eigenvalue weighted by Gasteiger charge is -2.34. The summed E-state index contributed by atoms with van der Waals surface area (Å²) in [6.45, 7) is 3.65. The first kappa shape index (κ1) is 25.4. The first-order valence-corrected chi connectivity index (χ1v) is 11.6. The van der Waals surface area contributed by atoms with E-state index in [0.717, 1.165) is 5.56 Å². The van der Waals surface area contributed by atoms with Crippen molar-refractivity contribution in [1.82, 2.24) is 15.0 Å². The van der Waals surface area contributed by atoms with Gasteiger partial charge in [-0.25, -0.2) is 19.7 Å². The number of hydrogen-bond acceptors (Lipinski definition) is 7. The first-order valence-electron chi connectivity index (χ1n) is 11.2. The number of aryl methyl sites for hydroxylation is 1. The SMILES string of the molecule is Cc1cc([C@@H](C)Nc2ccc(Cl)nc2C(=O)O)c2nc(N3CCC[C@@H](C(F)(F)F)C3)c(C#N)nc2c1. The number of halogens is 4. The minimum absolute atomic E-state index is 0.0231. The zero-order valence-electron chi connectivity index (χ0n) is 19.4. The number of carboxylic acid groups (broad SMARTS) is 1. The van der Waals surface area contributed by atoms with Gasteiger partial charge in [-0.1, -0.05) is 17.7 Å². The molecule has 2 N–H and O–H groups in total. The van der Waals surface area contributed by atoms with Crippen molar-refractivity contribution in [1.29, 1.82) is 5.26 Å². The molecule has 1 aliphatic rings. The third-order valence-electron chi connectivity index (χ3n) is 6.12. The van der Waals surface area contributed by atoms with Gasteiger partial charge in [0.05, 0.1) is 28.7 Å². The van der Waals surface area contributed by atoms with Crippen molar-refractivity contribution >= 4 is 40.1 Å². The second-order valence-electron chi connectivity index (χ2n) is 8.76. The van der Waals surface area contributed by atoms with Crippen LogP contribution in [-0.4, -0.2) is 45.3 Å². The number of carbonyl (C=O) groups is 1. The quantitative estimate of drug-likeness (QED) is 0.425. The topological polar surface area (TPSA) is 115 Å². The van der Waals surface area contributed by atoms with E-state index in [4.69, 9.17) is 11.6 Å². The van der Waals surface area contributed by atoms with Crippen LogP contribution in [0.4, 0.5) is 24.7 Å². The van der Waals surface area contributed by atoms with Crippen molar-refractivity contribution < 1.29 is 23.1 Å². The molecule has 1 saturated heterocycles. The minimum atomic E-state index is -4.34. The fourth-order valence-corrected chi connectivity index (χ4v) is 4.56. The molecule has 0 saturated carbocycles. The van der Waals surface area contributed by atoms with Gasteiger partial charge in [0.25, 0.3) is 0 Å². The number of hydrogen-bond donors (Lipinski definition) is 2. The highest BCUT2D eigenvalue weighted by molar-refractivity contribution is 6.29. The summed E-state index contributed by atoms with van der Waals surface area (Å²) in [5.74, 6) is -2.66. The number of benzene rings is 1. The molecule has 188 valence electrons. The summed E-state index contributed by atoms with van der Waals surface area (Å²) in [4.78, 5) is 26.1. The number of rotatable bonds is 5. The van der Waals surface area contributed by atoms with Gasteiger partial charge in [0.1, 0.15) is 11.2 Å². The van der Waals surface area contributed by atoms with Gasteiger partial charge in [-0.2, -0.15) is 18.4 Å². The number of nitrogens with zero attached hydrogens (tertiary/aromatic N) is 5. The molecule has 12 heteroatoms. The van der Waals surface area contributed by atoms with Crippen LogP contribution in [0.5, 0.6) is 0 Å². The number of carboxylic acids is 1. The lowest BCUT2D eigenvalue weighted by molar-refractivity contribution is -0.176. The molecule has 1 aromatic carbocycles. The second kappa shape index (κ2) is 9.78. The second-order valence-corrected chi connectivity index (χ2v) is 9.14. The molecule has 3 aromatic rings. The fraction of sp³-hybridized carbons (Fsp3) is 0.375. The smallest absolute Gasteiger partial charge is 0.393 e. The van der Waals surface area contributed by atoms with Crippen molar-refractivity contribution in [2.45, 2.75) is 38.9 Å². The molecule has 0 radical (unpaired) electrons. The molecule has 0 bridgehead atoms. The van der Waals surface area contributed by atoms with Crippen LogP contribution in [0.3, 0.4) is 0 Å². The van der Waals surface area contributed by atoms with Crippen molar-refractivity contribution in [3.05, 3.63) is 51.9 Å². The summed E-state index contributed by atoms with van der Waals surface area (Å²) >= 11 is 5.85. The zero-order chi connectivity index (χ0) is 26.2. The first-order chi connectivity index (χ1) is 17.0. The number of fused-ring (bicyclic) bond motifs is 1. The Morgan fingerprint density at radius 2 is 2.06 bits per heavy atom. The van der Waals surface area contributed by atoms with E-state index in [2.05, 4.69) is 20.3 Å². The Hall–Kier alpha value is -3.65. The van der Waals surface area contributed by atoms with Gasteiger partial charge in [0, 0.05) is 18.7 Å². The highest BCUT2D eigenvalue weighted by Gasteiger charge is 2.42. The van der Waals surface area contributed by atoms with Crippen LogP contribution in [0, 0.1) is 24.2 Å². The maximum absolute atomic E-state index is 13.4. The molecule has 0 spiro atoms. The molecular weight excluding hydrogens is 497 g/mol. The zero-order valence-corrected chi connectivity index (χ0v) is 20.2. The van der Waals surface area contributed by atoms with E-state index in [0.29, 0.717) is 29.6 Å². The predicted molar refractivity (Wildman–Crippen MR) is 128 cm³/mol. The standard InChI is InChI=1S/C24H22ClF3N6O2/c1-12-8-15(13(2)30-16-5-6-19(25)32-21(16)23(35)36)20-17(9-12)31-18(10-29)22(33-20)34-7-3-4-14(11-34)24(26,27)28/h5-6,8-9,13-14,30H,3-4,7,11H2,1-2H3,(H,35,36)/t13-,14-/m1/s1. The Balaban J connectivity index is 1.78. The number of nitriles is 1. The van der Waals surface area contributed by atoms with E-state index in [1.807, 2.05) is 19.1 Å². The van der Waals surface area contributed by atoms with E-state index in [-0.39, 0.29) is 41.0 Å². The van der Waals surface area contributed by atoms with Gasteiger partial charge in [-0.05, 0) is 50.5 Å². The van der Waals surface area contributed by atoms with Crippen molar-refractivity contribution in [3.8, 4) is 6.07 Å². The largest absolute Gasteiger partial charge is 0.476 e. The number of piperidine rings is 1. The molecule has 2 atom stereocenters. The number of anilines is 2. The Kier molecular flexibility index (Phi) is 6.91. The van der Waals surface area contributed by atoms with E-state index >= 15 is 0 Å². The fourth-order valence-electron chi connectivity index (χ4n) is 4.41. The molecule has 3 heterocycles. The Morgan fingerprint density at radius 3 is 2.72 bits per heavy atom. The highest BCUT2D eigenvalue weighted by Crippen LogP contribution is 2.36. The summed E-state index contributed by atoms with van der Waals surface area (Å²) in [5.41, 5.74) is 2.21. The number of alkyl halides is 3. The minimum Gasteiger partial charge on any atom is -0.476 e. The molecule has 0 aliphatic carbocycles. The van der Waals surface area contributed by atoms with Crippen LogP contribution in [0.25, 0.3) is 11.0 Å². The van der Waals surface area contributed by atoms with E-state index in [1.54, 1.807) is 13.0 Å². The van der Waals surface area contributed by atoms with Crippen molar-refractivity contribution in [2.24, 2.45) is 5.92 Å². The molecule has 8 nitrogen and oxygen atoms in total. The van der Waals surface area contributed by atoms with Crippen LogP contribution in [0.1, 0.15) is 53.1 Å². The third kappa shape index (κ3) is 5.14. The average Bonchev–Trinajstić information content (AvgIpc) is 2.83. The lowest BCUT2D eigenvalue weighted by Crippen LogP contribution is -2.42. The van der Waals surface area contributed by atoms with Gasteiger partial charge >= 0.3 is 12.1 Å². The molecule has 4 rings (SSSR count). The van der Waals surface area contributed by atoms with E-state index in [1.165, 1.54) is 17.0 Å². The van der Waals surface area contributed by atoms with Crippen molar-refractivity contribution in [3.63, 3.8) is 0 Å². The highest BCUT2D eigenvalue weighted by atomic mass is 35.5. The Bertz CT molecular complexity index is 1370. The Labute approximate surface area is 209 Å². The van der Waals surface area contributed by atoms with Crippen LogP contribution in [0.2, 0.25) is 5.15 Å². The molecular formula is C24H22ClF3N6O2. The molecule has 2 aromatic heterocycles. The van der Waals surface area contributed by atoms with Crippen LogP contribution in [0.15, 0.2) is 24.3 Å². The summed E-state index contributed by atoms with van der Waals surface area (Å²) in [5, 5.41) is 22.3. The predicted octanol–water partition coefficient (Wildman–Crippen LogP) is 5.51. The van der Waals surface area contributed by atoms with Gasteiger partial charge in [-0.3, -0.25) is 0 Å². The third-order valence-corrected chi connectivity index (χ3v) is 6.33. The molecule has 1 fully saturated rings. The summed E-state index contributed by atoms with van der Waals surface area (Å²) in [6, 6.07) is 8.02. The number of aromatic carboxylic acids is 1. The van der Waals surface area contributed by atoms with Gasteiger partial charge in [0.2, 0.25) is 0 Å². The summed E-state index contributed by atoms with van der Waals surface area (Å²) in [7, 11) is 0. The molecule has 1 aliphatic heterocycles. The lowest BCUT2D eigenvalue weighted by atomic mass is 9.97. The Morgan fingerprint density at radius 1 is 1.31 bits per heavy atom. The van der Waals surface area contributed by atoms with Gasteiger partial charge in [-0.15, -0.1) is 0 Å². The van der Waals surface area contributed by atoms with Gasteiger partial charge in [0.15, 0.2) is 17.2 Å². The van der Waals surface area contributed by atoms with Crippen LogP contribution >= 0.6 is 11.6 Å². The normalized spacial score (nSPS) is 17.0. The van der Waals surface area contributed by atoms with E-state index in [9.17, 15) is 28.3 Å². The van der Waals surface area contributed by atoms with Crippen LogP contribution < -0.4 is 10.2 Å². The van der Waals surface area contributed by atoms with E-state index < -0.39 is 24.1 Å². The monoisotopic (exact) mass is 518 g/mol. The molecule has 0 unspecified atom stereocenters. The number of aromatic nitrogens is 3. The summed E-state index contributed by atoms with van der Waals surface area (Å²) < 4.78 is 40.2.